The quantitative estimate of drug-likeness (QED) is 0.427. The lowest BCUT2D eigenvalue weighted by atomic mass is 9.94. The first-order chi connectivity index (χ1) is 8.97. The van der Waals surface area contributed by atoms with Gasteiger partial charge in [-0.05, 0) is 19.8 Å². The summed E-state index contributed by atoms with van der Waals surface area (Å²) in [4.78, 5) is 33.8. The van der Waals surface area contributed by atoms with E-state index in [1.54, 1.807) is 0 Å². The van der Waals surface area contributed by atoms with Crippen molar-refractivity contribution in [2.45, 2.75) is 65.7 Å². The fourth-order valence-electron chi connectivity index (χ4n) is 1.86. The van der Waals surface area contributed by atoms with Crippen LogP contribution in [-0.2, 0) is 19.1 Å². The first kappa shape index (κ1) is 17.8. The van der Waals surface area contributed by atoms with E-state index in [1.165, 1.54) is 13.8 Å². The summed E-state index contributed by atoms with van der Waals surface area (Å²) in [6.07, 6.45) is 5.56. The summed E-state index contributed by atoms with van der Waals surface area (Å²) in [7, 11) is 0. The molecule has 0 radical (unpaired) electrons. The molecule has 1 atom stereocenters. The molecule has 0 fully saturated rings. The lowest BCUT2D eigenvalue weighted by molar-refractivity contribution is -0.143. The third kappa shape index (κ3) is 10.4. The van der Waals surface area contributed by atoms with Gasteiger partial charge >= 0.3 is 5.97 Å². The van der Waals surface area contributed by atoms with Gasteiger partial charge in [-0.1, -0.05) is 26.2 Å². The Morgan fingerprint density at radius 3 is 2.21 bits per heavy atom. The molecule has 0 rings (SSSR count). The standard InChI is InChI=1S/C15H26O4/c1-4-5-6-7-8-15(18)14(10-9-12(2)16)11-19-13(3)17/h14H,4-11H2,1-3H3. The minimum Gasteiger partial charge on any atom is -0.465 e. The number of unbranched alkanes of at least 4 members (excludes halogenated alkanes) is 3. The summed E-state index contributed by atoms with van der Waals surface area (Å²) in [5.41, 5.74) is 0. The van der Waals surface area contributed by atoms with E-state index < -0.39 is 0 Å². The van der Waals surface area contributed by atoms with Gasteiger partial charge in [0, 0.05) is 19.8 Å². The van der Waals surface area contributed by atoms with Crippen molar-refractivity contribution < 1.29 is 19.1 Å². The van der Waals surface area contributed by atoms with Gasteiger partial charge in [-0.2, -0.15) is 0 Å². The average molecular weight is 270 g/mol. The molecule has 0 N–H and O–H groups in total. The van der Waals surface area contributed by atoms with E-state index in [0.717, 1.165) is 25.7 Å². The molecule has 4 heteroatoms. The fraction of sp³-hybridized carbons (Fsp3) is 0.800. The van der Waals surface area contributed by atoms with Crippen LogP contribution in [-0.4, -0.2) is 24.1 Å². The highest BCUT2D eigenvalue weighted by atomic mass is 16.5. The highest BCUT2D eigenvalue weighted by molar-refractivity contribution is 5.82. The fourth-order valence-corrected chi connectivity index (χ4v) is 1.86. The van der Waals surface area contributed by atoms with E-state index in [4.69, 9.17) is 4.74 Å². The second-order valence-electron chi connectivity index (χ2n) is 5.02. The number of Topliss-reactive ketones (excluding diaryl/α,β-unsaturated/α-hetero) is 2. The summed E-state index contributed by atoms with van der Waals surface area (Å²) in [5, 5.41) is 0. The van der Waals surface area contributed by atoms with E-state index in [0.29, 0.717) is 19.3 Å². The molecule has 0 amide bonds. The van der Waals surface area contributed by atoms with Crippen LogP contribution < -0.4 is 0 Å². The Balaban J connectivity index is 4.15. The smallest absolute Gasteiger partial charge is 0.302 e. The van der Waals surface area contributed by atoms with Crippen molar-refractivity contribution in [1.29, 1.82) is 0 Å². The predicted molar refractivity (Wildman–Crippen MR) is 73.8 cm³/mol. The van der Waals surface area contributed by atoms with E-state index in [9.17, 15) is 14.4 Å². The SMILES string of the molecule is CCCCCCC(=O)C(CCC(C)=O)COC(C)=O. The predicted octanol–water partition coefficient (Wildman–Crippen LogP) is 3.07. The van der Waals surface area contributed by atoms with Crippen LogP contribution in [0.1, 0.15) is 65.7 Å². The van der Waals surface area contributed by atoms with Gasteiger partial charge in [0.1, 0.15) is 18.2 Å². The second kappa shape index (κ2) is 10.7. The molecule has 19 heavy (non-hydrogen) atoms. The molecule has 0 aliphatic rings. The molecule has 0 heterocycles. The van der Waals surface area contributed by atoms with E-state index in [2.05, 4.69) is 6.92 Å². The summed E-state index contributed by atoms with van der Waals surface area (Å²) >= 11 is 0. The topological polar surface area (TPSA) is 60.4 Å². The Hall–Kier alpha value is -1.19. The second-order valence-corrected chi connectivity index (χ2v) is 5.02. The zero-order valence-electron chi connectivity index (χ0n) is 12.4. The Bertz CT molecular complexity index is 279. The average Bonchev–Trinajstić information content (AvgIpc) is 2.33. The highest BCUT2D eigenvalue weighted by Crippen LogP contribution is 2.14. The Morgan fingerprint density at radius 2 is 1.68 bits per heavy atom. The molecule has 110 valence electrons. The molecule has 1 unspecified atom stereocenters. The van der Waals surface area contributed by atoms with Crippen molar-refractivity contribution in [3.05, 3.63) is 0 Å². The Labute approximate surface area is 115 Å². The van der Waals surface area contributed by atoms with Crippen LogP contribution in [0.25, 0.3) is 0 Å². The number of esters is 1. The molecule has 0 spiro atoms. The number of ketones is 2. The maximum absolute atomic E-state index is 12.0. The number of hydrogen-bond acceptors (Lipinski definition) is 4. The molecule has 0 saturated carbocycles. The van der Waals surface area contributed by atoms with Crippen LogP contribution in [0, 0.1) is 5.92 Å². The van der Waals surface area contributed by atoms with Gasteiger partial charge in [-0.25, -0.2) is 0 Å². The van der Waals surface area contributed by atoms with E-state index in [1.807, 2.05) is 0 Å². The van der Waals surface area contributed by atoms with Gasteiger partial charge in [-0.15, -0.1) is 0 Å². The zero-order valence-corrected chi connectivity index (χ0v) is 12.4. The van der Waals surface area contributed by atoms with Gasteiger partial charge in [0.05, 0.1) is 5.92 Å². The van der Waals surface area contributed by atoms with Gasteiger partial charge in [0.15, 0.2) is 0 Å². The van der Waals surface area contributed by atoms with Gasteiger partial charge in [0.25, 0.3) is 0 Å². The summed E-state index contributed by atoms with van der Waals surface area (Å²) < 4.78 is 4.91. The lowest BCUT2D eigenvalue weighted by Gasteiger charge is -2.14. The zero-order chi connectivity index (χ0) is 14.7. The number of ether oxygens (including phenoxy) is 1. The minimum atomic E-state index is -0.383. The Kier molecular flexibility index (Phi) is 10.0. The number of hydrogen-bond donors (Lipinski definition) is 0. The monoisotopic (exact) mass is 270 g/mol. The number of rotatable bonds is 11. The third-order valence-electron chi connectivity index (χ3n) is 3.06. The number of carbonyl (C=O) groups excluding carboxylic acids is 3. The molecule has 0 saturated heterocycles. The van der Waals surface area contributed by atoms with Crippen LogP contribution in [0.2, 0.25) is 0 Å². The van der Waals surface area contributed by atoms with Crippen LogP contribution in [0.5, 0.6) is 0 Å². The molecular weight excluding hydrogens is 244 g/mol. The molecule has 4 nitrogen and oxygen atoms in total. The maximum Gasteiger partial charge on any atom is 0.302 e. The van der Waals surface area contributed by atoms with E-state index in [-0.39, 0.29) is 30.1 Å². The molecule has 0 aromatic rings. The van der Waals surface area contributed by atoms with Crippen LogP contribution in [0.15, 0.2) is 0 Å². The first-order valence-electron chi connectivity index (χ1n) is 7.12. The van der Waals surface area contributed by atoms with Gasteiger partial charge in [-0.3, -0.25) is 9.59 Å². The largest absolute Gasteiger partial charge is 0.465 e. The van der Waals surface area contributed by atoms with Crippen molar-refractivity contribution >= 4 is 17.5 Å². The molecule has 0 aromatic heterocycles. The number of carbonyl (C=O) groups is 3. The molecule has 0 aliphatic heterocycles. The van der Waals surface area contributed by atoms with Crippen molar-refractivity contribution in [2.24, 2.45) is 5.92 Å². The van der Waals surface area contributed by atoms with E-state index >= 15 is 0 Å². The Morgan fingerprint density at radius 1 is 1.00 bits per heavy atom. The highest BCUT2D eigenvalue weighted by Gasteiger charge is 2.19. The lowest BCUT2D eigenvalue weighted by Crippen LogP contribution is -2.22. The molecular formula is C15H26O4. The minimum absolute atomic E-state index is 0.0617. The molecule has 0 aromatic carbocycles. The first-order valence-corrected chi connectivity index (χ1v) is 7.12. The van der Waals surface area contributed by atoms with Crippen molar-refractivity contribution in [2.75, 3.05) is 6.61 Å². The van der Waals surface area contributed by atoms with Crippen molar-refractivity contribution in [1.82, 2.24) is 0 Å². The third-order valence-corrected chi connectivity index (χ3v) is 3.06. The van der Waals surface area contributed by atoms with Gasteiger partial charge < -0.3 is 9.53 Å². The van der Waals surface area contributed by atoms with Crippen LogP contribution >= 0.6 is 0 Å². The van der Waals surface area contributed by atoms with Crippen molar-refractivity contribution in [3.63, 3.8) is 0 Å². The summed E-state index contributed by atoms with van der Waals surface area (Å²) in [5.74, 6) is -0.536. The molecule has 0 aliphatic carbocycles. The van der Waals surface area contributed by atoms with Crippen molar-refractivity contribution in [3.8, 4) is 0 Å². The summed E-state index contributed by atoms with van der Waals surface area (Å²) in [6.45, 7) is 5.07. The molecule has 0 bridgehead atoms. The van der Waals surface area contributed by atoms with Gasteiger partial charge in [0.2, 0.25) is 0 Å². The normalized spacial score (nSPS) is 11.9. The van der Waals surface area contributed by atoms with Crippen LogP contribution in [0.4, 0.5) is 0 Å². The summed E-state index contributed by atoms with van der Waals surface area (Å²) in [6, 6.07) is 0. The van der Waals surface area contributed by atoms with Crippen LogP contribution in [0.3, 0.4) is 0 Å². The maximum atomic E-state index is 12.0.